The Labute approximate surface area is 161 Å². The van der Waals surface area contributed by atoms with Crippen LogP contribution in [0.15, 0.2) is 97.1 Å². The molecule has 25 heavy (non-hydrogen) atoms. The van der Waals surface area contributed by atoms with Gasteiger partial charge in [-0.1, -0.05) is 66.5 Å². The lowest BCUT2D eigenvalue weighted by Gasteiger charge is -2.15. The second-order valence-corrected chi connectivity index (χ2v) is 5.23. The van der Waals surface area contributed by atoms with Crippen LogP contribution in [0.4, 0.5) is 5.69 Å². The SMILES string of the molecule is [2H]c1c([2H])c([2H])c(-c2cc(-c3cccnc3)cc(-c3c([2H])c([2H])c([2H])c([2H])c3[2H])c2N)c([2H])c1[2H]. The van der Waals surface area contributed by atoms with Crippen LogP contribution in [0.1, 0.15) is 13.7 Å². The van der Waals surface area contributed by atoms with E-state index in [0.29, 0.717) is 11.1 Å². The number of anilines is 1. The molecule has 0 saturated heterocycles. The van der Waals surface area contributed by atoms with Crippen molar-refractivity contribution in [2.45, 2.75) is 0 Å². The molecule has 0 saturated carbocycles. The number of rotatable bonds is 3. The quantitative estimate of drug-likeness (QED) is 0.491. The molecular formula is C23H18N2. The van der Waals surface area contributed by atoms with E-state index < -0.39 is 60.4 Å². The molecule has 2 heteroatoms. The van der Waals surface area contributed by atoms with E-state index in [4.69, 9.17) is 19.4 Å². The lowest BCUT2D eigenvalue weighted by Crippen LogP contribution is -1.96. The van der Waals surface area contributed by atoms with Crippen molar-refractivity contribution in [2.75, 3.05) is 5.73 Å². The zero-order chi connectivity index (χ0) is 25.8. The fraction of sp³-hybridized carbons (Fsp3) is 0. The Morgan fingerprint density at radius 2 is 1.28 bits per heavy atom. The van der Waals surface area contributed by atoms with Crippen LogP contribution in [-0.2, 0) is 0 Å². The monoisotopic (exact) mass is 332 g/mol. The maximum absolute atomic E-state index is 8.40. The van der Waals surface area contributed by atoms with Crippen LogP contribution in [0.5, 0.6) is 0 Å². The number of nitrogens with two attached hydrogens (primary N) is 1. The van der Waals surface area contributed by atoms with E-state index in [0.717, 1.165) is 0 Å². The molecule has 0 amide bonds. The minimum absolute atomic E-state index is 0.0742. The molecule has 4 aromatic rings. The Hall–Kier alpha value is -3.39. The molecule has 0 radical (unpaired) electrons. The molecule has 0 atom stereocenters. The van der Waals surface area contributed by atoms with Gasteiger partial charge in [-0.25, -0.2) is 0 Å². The lowest BCUT2D eigenvalue weighted by atomic mass is 9.92. The molecule has 0 aliphatic heterocycles. The molecule has 0 spiro atoms. The maximum Gasteiger partial charge on any atom is 0.0629 e. The summed E-state index contributed by atoms with van der Waals surface area (Å²) in [5.74, 6) is 0. The highest BCUT2D eigenvalue weighted by atomic mass is 14.6. The smallest absolute Gasteiger partial charge is 0.0629 e. The third-order valence-corrected chi connectivity index (χ3v) is 3.71. The molecule has 2 nitrogen and oxygen atoms in total. The zero-order valence-corrected chi connectivity index (χ0v) is 13.0. The molecule has 0 fully saturated rings. The number of pyridine rings is 1. The van der Waals surface area contributed by atoms with Crippen LogP contribution in [0.2, 0.25) is 0 Å². The predicted octanol–water partition coefficient (Wildman–Crippen LogP) is 5.66. The summed E-state index contributed by atoms with van der Waals surface area (Å²) in [4.78, 5) is 4.09. The largest absolute Gasteiger partial charge is 0.398 e. The average molecular weight is 332 g/mol. The molecule has 120 valence electrons. The second-order valence-electron chi connectivity index (χ2n) is 5.23. The van der Waals surface area contributed by atoms with Gasteiger partial charge in [-0.2, -0.15) is 0 Å². The van der Waals surface area contributed by atoms with Gasteiger partial charge in [0.25, 0.3) is 0 Å². The highest BCUT2D eigenvalue weighted by Crippen LogP contribution is 2.38. The van der Waals surface area contributed by atoms with E-state index >= 15 is 0 Å². The van der Waals surface area contributed by atoms with Crippen LogP contribution in [-0.4, -0.2) is 4.98 Å². The number of nitrogens with zero attached hydrogens (tertiary/aromatic N) is 1. The van der Waals surface area contributed by atoms with E-state index in [9.17, 15) is 0 Å². The molecule has 1 heterocycles. The fourth-order valence-electron chi connectivity index (χ4n) is 2.54. The van der Waals surface area contributed by atoms with Crippen molar-refractivity contribution in [1.82, 2.24) is 4.98 Å². The molecule has 0 bridgehead atoms. The van der Waals surface area contributed by atoms with Crippen LogP contribution >= 0.6 is 0 Å². The van der Waals surface area contributed by atoms with Gasteiger partial charge in [0, 0.05) is 34.8 Å². The summed E-state index contributed by atoms with van der Waals surface area (Å²) in [6.45, 7) is 0. The Morgan fingerprint density at radius 1 is 0.720 bits per heavy atom. The molecule has 0 unspecified atom stereocenters. The number of nitrogen functional groups attached to an aromatic ring is 1. The first kappa shape index (κ1) is 7.66. The maximum atomic E-state index is 8.40. The number of aromatic nitrogens is 1. The molecule has 3 aromatic carbocycles. The highest BCUT2D eigenvalue weighted by molar-refractivity contribution is 5.93. The molecule has 2 N–H and O–H groups in total. The predicted molar refractivity (Wildman–Crippen MR) is 105 cm³/mol. The summed E-state index contributed by atoms with van der Waals surface area (Å²) in [6.07, 6.45) is 3.11. The summed E-state index contributed by atoms with van der Waals surface area (Å²) in [5.41, 5.74) is 7.26. The number of hydrogen-bond donors (Lipinski definition) is 1. The van der Waals surface area contributed by atoms with Crippen molar-refractivity contribution in [2.24, 2.45) is 0 Å². The third-order valence-electron chi connectivity index (χ3n) is 3.71. The van der Waals surface area contributed by atoms with Crippen molar-refractivity contribution in [3.8, 4) is 33.4 Å². The van der Waals surface area contributed by atoms with E-state index in [-0.39, 0.29) is 27.9 Å². The van der Waals surface area contributed by atoms with Crippen molar-refractivity contribution >= 4 is 5.69 Å². The van der Waals surface area contributed by atoms with Gasteiger partial charge in [0.1, 0.15) is 0 Å². The first-order valence-electron chi connectivity index (χ1n) is 12.5. The number of benzene rings is 3. The Morgan fingerprint density at radius 3 is 1.76 bits per heavy atom. The fourth-order valence-corrected chi connectivity index (χ4v) is 2.54. The van der Waals surface area contributed by atoms with Crippen molar-refractivity contribution in [1.29, 1.82) is 0 Å². The van der Waals surface area contributed by atoms with E-state index in [2.05, 4.69) is 4.98 Å². The van der Waals surface area contributed by atoms with Gasteiger partial charge in [-0.05, 0) is 34.9 Å². The Kier molecular flexibility index (Phi) is 2.03. The summed E-state index contributed by atoms with van der Waals surface area (Å²) < 4.78 is 81.6. The van der Waals surface area contributed by atoms with Gasteiger partial charge in [0.15, 0.2) is 0 Å². The summed E-state index contributed by atoms with van der Waals surface area (Å²) in [6, 6.07) is 1.30. The first-order valence-corrected chi connectivity index (χ1v) is 7.45. The third kappa shape index (κ3) is 3.02. The van der Waals surface area contributed by atoms with Crippen LogP contribution < -0.4 is 5.73 Å². The van der Waals surface area contributed by atoms with E-state index in [1.807, 2.05) is 0 Å². The summed E-state index contributed by atoms with van der Waals surface area (Å²) in [7, 11) is 0. The minimum Gasteiger partial charge on any atom is -0.398 e. The summed E-state index contributed by atoms with van der Waals surface area (Å²) >= 11 is 0. The van der Waals surface area contributed by atoms with Crippen molar-refractivity contribution in [3.63, 3.8) is 0 Å². The standard InChI is InChI=1S/C23H18N2/c24-23-21(17-8-3-1-4-9-17)14-20(19-12-7-13-25-16-19)15-22(23)18-10-5-2-6-11-18/h1-16H,24H2/i1D,2D,3D,4D,5D,6D,8D,9D,10D,11D. The topological polar surface area (TPSA) is 38.9 Å². The molecular weight excluding hydrogens is 304 g/mol. The highest BCUT2D eigenvalue weighted by Gasteiger charge is 2.12. The van der Waals surface area contributed by atoms with Crippen molar-refractivity contribution < 1.29 is 13.7 Å². The average Bonchev–Trinajstić information content (AvgIpc) is 2.86. The van der Waals surface area contributed by atoms with Gasteiger partial charge in [-0.15, -0.1) is 0 Å². The minimum atomic E-state index is -0.559. The zero-order valence-electron chi connectivity index (χ0n) is 23.0. The van der Waals surface area contributed by atoms with Crippen molar-refractivity contribution in [3.05, 3.63) is 97.1 Å². The lowest BCUT2D eigenvalue weighted by molar-refractivity contribution is 1.33. The van der Waals surface area contributed by atoms with Gasteiger partial charge in [0.2, 0.25) is 0 Å². The van der Waals surface area contributed by atoms with E-state index in [1.165, 1.54) is 0 Å². The Bertz CT molecular complexity index is 1350. The van der Waals surface area contributed by atoms with Gasteiger partial charge in [0.05, 0.1) is 13.7 Å². The summed E-state index contributed by atoms with van der Waals surface area (Å²) in [5, 5.41) is 0. The van der Waals surface area contributed by atoms with Crippen LogP contribution in [0.3, 0.4) is 0 Å². The Balaban J connectivity index is 2.19. The van der Waals surface area contributed by atoms with Gasteiger partial charge in [-0.3, -0.25) is 4.98 Å². The second kappa shape index (κ2) is 6.62. The first-order chi connectivity index (χ1) is 16.5. The van der Waals surface area contributed by atoms with Gasteiger partial charge < -0.3 is 5.73 Å². The number of hydrogen-bond acceptors (Lipinski definition) is 2. The molecule has 4 rings (SSSR count). The van der Waals surface area contributed by atoms with Gasteiger partial charge >= 0.3 is 0 Å². The normalized spacial score (nSPS) is 16.2. The van der Waals surface area contributed by atoms with Crippen LogP contribution in [0.25, 0.3) is 33.4 Å². The molecule has 1 aromatic heterocycles. The molecule has 0 aliphatic rings. The van der Waals surface area contributed by atoms with Crippen LogP contribution in [0, 0.1) is 0 Å². The van der Waals surface area contributed by atoms with E-state index in [1.54, 1.807) is 36.7 Å². The molecule has 0 aliphatic carbocycles.